The Hall–Kier alpha value is -2.88. The molecule has 116 valence electrons. The number of aromatic nitrogens is 1. The van der Waals surface area contributed by atoms with E-state index in [1.807, 2.05) is 61.5 Å². The summed E-state index contributed by atoms with van der Waals surface area (Å²) in [6, 6.07) is 17.1. The number of H-pyrrole nitrogens is 1. The first-order chi connectivity index (χ1) is 11.1. The van der Waals surface area contributed by atoms with Crippen LogP contribution in [0.5, 0.6) is 0 Å². The van der Waals surface area contributed by atoms with Gasteiger partial charge in [-0.3, -0.25) is 9.59 Å². The van der Waals surface area contributed by atoms with E-state index in [-0.39, 0.29) is 17.9 Å². The predicted octanol–water partition coefficient (Wildman–Crippen LogP) is 3.41. The topological polar surface area (TPSA) is 62.0 Å². The van der Waals surface area contributed by atoms with Gasteiger partial charge in [0.1, 0.15) is 0 Å². The van der Waals surface area contributed by atoms with E-state index in [0.717, 1.165) is 22.2 Å². The number of aryl methyl sites for hydroxylation is 2. The van der Waals surface area contributed by atoms with Crippen LogP contribution in [0.4, 0.5) is 5.69 Å². The molecule has 23 heavy (non-hydrogen) atoms. The number of anilines is 1. The minimum absolute atomic E-state index is 0.0909. The zero-order valence-electron chi connectivity index (χ0n) is 12.9. The van der Waals surface area contributed by atoms with Crippen LogP contribution in [0.25, 0.3) is 10.9 Å². The average molecular weight is 306 g/mol. The Morgan fingerprint density at radius 1 is 1.09 bits per heavy atom. The summed E-state index contributed by atoms with van der Waals surface area (Å²) in [6.07, 6.45) is 0.688. The fourth-order valence-corrected chi connectivity index (χ4v) is 2.55. The summed E-state index contributed by atoms with van der Waals surface area (Å²) >= 11 is 0. The zero-order chi connectivity index (χ0) is 16.2. The summed E-state index contributed by atoms with van der Waals surface area (Å²) in [5, 5.41) is 3.86. The van der Waals surface area contributed by atoms with E-state index in [4.69, 9.17) is 0 Å². The van der Waals surface area contributed by atoms with Gasteiger partial charge in [-0.05, 0) is 42.5 Å². The van der Waals surface area contributed by atoms with Gasteiger partial charge < -0.3 is 10.3 Å². The van der Waals surface area contributed by atoms with Gasteiger partial charge in [-0.25, -0.2) is 0 Å². The fraction of sp³-hybridized carbons (Fsp3) is 0.158. The molecule has 0 atom stereocenters. The normalized spacial score (nSPS) is 10.7. The van der Waals surface area contributed by atoms with E-state index >= 15 is 0 Å². The lowest BCUT2D eigenvalue weighted by molar-refractivity contribution is -0.116. The molecule has 4 nitrogen and oxygen atoms in total. The first kappa shape index (κ1) is 15.0. The van der Waals surface area contributed by atoms with Crippen LogP contribution in [0.1, 0.15) is 17.5 Å². The number of fused-ring (bicyclic) bond motifs is 1. The number of carbonyl (C=O) groups is 1. The third-order valence-electron chi connectivity index (χ3n) is 3.87. The van der Waals surface area contributed by atoms with Crippen molar-refractivity contribution in [3.05, 3.63) is 76.1 Å². The third kappa shape index (κ3) is 3.48. The molecular formula is C19H18N2O2. The first-order valence-corrected chi connectivity index (χ1v) is 7.60. The molecule has 3 aromatic rings. The Morgan fingerprint density at radius 3 is 2.65 bits per heavy atom. The lowest BCUT2D eigenvalue weighted by Crippen LogP contribution is -2.17. The molecule has 0 aliphatic carbocycles. The second-order valence-electron chi connectivity index (χ2n) is 5.57. The molecule has 0 spiro atoms. The van der Waals surface area contributed by atoms with E-state index < -0.39 is 0 Å². The van der Waals surface area contributed by atoms with E-state index in [0.29, 0.717) is 12.0 Å². The second kappa shape index (κ2) is 6.48. The third-order valence-corrected chi connectivity index (χ3v) is 3.87. The molecule has 4 heteroatoms. The van der Waals surface area contributed by atoms with Crippen LogP contribution in [0, 0.1) is 6.92 Å². The summed E-state index contributed by atoms with van der Waals surface area (Å²) in [5.74, 6) is -0.0909. The van der Waals surface area contributed by atoms with Crippen molar-refractivity contribution in [2.75, 3.05) is 5.32 Å². The van der Waals surface area contributed by atoms with Crippen molar-refractivity contribution in [1.82, 2.24) is 4.98 Å². The van der Waals surface area contributed by atoms with Gasteiger partial charge in [-0.1, -0.05) is 36.4 Å². The van der Waals surface area contributed by atoms with Gasteiger partial charge in [0.2, 0.25) is 5.91 Å². The molecule has 0 radical (unpaired) electrons. The molecule has 1 heterocycles. The summed E-state index contributed by atoms with van der Waals surface area (Å²) in [7, 11) is 0. The molecule has 1 amide bonds. The SMILES string of the molecule is Cc1ccccc1NC(=O)CCc1cc2ccccc2[nH]c1=O. The molecule has 2 aromatic carbocycles. The number of hydrogen-bond acceptors (Lipinski definition) is 2. The van der Waals surface area contributed by atoms with Crippen LogP contribution in [-0.2, 0) is 11.2 Å². The summed E-state index contributed by atoms with van der Waals surface area (Å²) in [6.45, 7) is 1.95. The van der Waals surface area contributed by atoms with Gasteiger partial charge in [-0.2, -0.15) is 0 Å². The van der Waals surface area contributed by atoms with Gasteiger partial charge >= 0.3 is 0 Å². The quantitative estimate of drug-likeness (QED) is 0.776. The van der Waals surface area contributed by atoms with Crippen LogP contribution >= 0.6 is 0 Å². The van der Waals surface area contributed by atoms with Crippen molar-refractivity contribution in [1.29, 1.82) is 0 Å². The monoisotopic (exact) mass is 306 g/mol. The number of amides is 1. The van der Waals surface area contributed by atoms with Crippen LogP contribution in [-0.4, -0.2) is 10.9 Å². The molecule has 0 bridgehead atoms. The zero-order valence-corrected chi connectivity index (χ0v) is 12.9. The number of aromatic amines is 1. The van der Waals surface area contributed by atoms with E-state index in [1.165, 1.54) is 0 Å². The second-order valence-corrected chi connectivity index (χ2v) is 5.57. The maximum absolute atomic E-state index is 12.1. The largest absolute Gasteiger partial charge is 0.326 e. The molecule has 0 saturated carbocycles. The lowest BCUT2D eigenvalue weighted by atomic mass is 10.1. The average Bonchev–Trinajstić information content (AvgIpc) is 2.55. The van der Waals surface area contributed by atoms with Crippen molar-refractivity contribution in [2.24, 2.45) is 0 Å². The number of pyridine rings is 1. The summed E-state index contributed by atoms with van der Waals surface area (Å²) < 4.78 is 0. The molecule has 0 aliphatic rings. The number of para-hydroxylation sites is 2. The standard InChI is InChI=1S/C19H18N2O2/c1-13-6-2-4-8-16(13)20-18(22)11-10-15-12-14-7-3-5-9-17(14)21-19(15)23/h2-9,12H,10-11H2,1H3,(H,20,22)(H,21,23). The number of carbonyl (C=O) groups excluding carboxylic acids is 1. The van der Waals surface area contributed by atoms with Crippen molar-refractivity contribution in [3.8, 4) is 0 Å². The number of nitrogens with one attached hydrogen (secondary N) is 2. The Kier molecular flexibility index (Phi) is 4.24. The summed E-state index contributed by atoms with van der Waals surface area (Å²) in [5.41, 5.74) is 3.14. The van der Waals surface area contributed by atoms with Crippen LogP contribution < -0.4 is 10.9 Å². The molecule has 3 rings (SSSR count). The highest BCUT2D eigenvalue weighted by Crippen LogP contribution is 2.14. The molecule has 0 saturated heterocycles. The molecule has 1 aromatic heterocycles. The molecule has 0 aliphatic heterocycles. The number of rotatable bonds is 4. The summed E-state index contributed by atoms with van der Waals surface area (Å²) in [4.78, 5) is 27.0. The highest BCUT2D eigenvalue weighted by Gasteiger charge is 2.08. The lowest BCUT2D eigenvalue weighted by Gasteiger charge is -2.08. The van der Waals surface area contributed by atoms with Crippen molar-refractivity contribution in [2.45, 2.75) is 19.8 Å². The van der Waals surface area contributed by atoms with Crippen LogP contribution in [0.2, 0.25) is 0 Å². The Labute approximate surface area is 134 Å². The van der Waals surface area contributed by atoms with Gasteiger partial charge in [-0.15, -0.1) is 0 Å². The fourth-order valence-electron chi connectivity index (χ4n) is 2.55. The maximum atomic E-state index is 12.1. The van der Waals surface area contributed by atoms with E-state index in [2.05, 4.69) is 10.3 Å². The van der Waals surface area contributed by atoms with E-state index in [9.17, 15) is 9.59 Å². The maximum Gasteiger partial charge on any atom is 0.251 e. The Bertz CT molecular complexity index is 912. The number of benzene rings is 2. The molecule has 2 N–H and O–H groups in total. The highest BCUT2D eigenvalue weighted by molar-refractivity contribution is 5.91. The van der Waals surface area contributed by atoms with Gasteiger partial charge in [0.05, 0.1) is 0 Å². The number of hydrogen-bond donors (Lipinski definition) is 2. The van der Waals surface area contributed by atoms with E-state index in [1.54, 1.807) is 0 Å². The van der Waals surface area contributed by atoms with Gasteiger partial charge in [0.25, 0.3) is 5.56 Å². The van der Waals surface area contributed by atoms with Gasteiger partial charge in [0.15, 0.2) is 0 Å². The van der Waals surface area contributed by atoms with Crippen LogP contribution in [0.15, 0.2) is 59.4 Å². The predicted molar refractivity (Wildman–Crippen MR) is 92.7 cm³/mol. The molecule has 0 unspecified atom stereocenters. The van der Waals surface area contributed by atoms with Gasteiger partial charge in [0, 0.05) is 23.2 Å². The Morgan fingerprint density at radius 2 is 1.83 bits per heavy atom. The molecule has 0 fully saturated rings. The Balaban J connectivity index is 1.71. The minimum atomic E-state index is -0.132. The smallest absolute Gasteiger partial charge is 0.251 e. The molecular weight excluding hydrogens is 288 g/mol. The van der Waals surface area contributed by atoms with Crippen molar-refractivity contribution in [3.63, 3.8) is 0 Å². The van der Waals surface area contributed by atoms with Crippen molar-refractivity contribution < 1.29 is 4.79 Å². The first-order valence-electron chi connectivity index (χ1n) is 7.60. The van der Waals surface area contributed by atoms with Crippen molar-refractivity contribution >= 4 is 22.5 Å². The minimum Gasteiger partial charge on any atom is -0.326 e. The highest BCUT2D eigenvalue weighted by atomic mass is 16.1. The van der Waals surface area contributed by atoms with Crippen LogP contribution in [0.3, 0.4) is 0 Å².